The first-order valence-electron chi connectivity index (χ1n) is 4.78. The molecule has 1 N–H and O–H groups in total. The van der Waals surface area contributed by atoms with Crippen molar-refractivity contribution in [1.82, 2.24) is 5.32 Å². The lowest BCUT2D eigenvalue weighted by atomic mass is 9.83. The maximum Gasteiger partial charge on any atom is -0.00185 e. The Kier molecular flexibility index (Phi) is 5.57. The molecule has 0 fully saturated rings. The molecule has 0 spiro atoms. The fraction of sp³-hybridized carbons (Fsp3) is 1.00. The summed E-state index contributed by atoms with van der Waals surface area (Å²) in [5, 5.41) is 3.26. The molecule has 1 heteroatoms. The van der Waals surface area contributed by atoms with Gasteiger partial charge in [-0.25, -0.2) is 0 Å². The molecule has 0 aromatic carbocycles. The van der Waals surface area contributed by atoms with Gasteiger partial charge in [0, 0.05) is 0 Å². The van der Waals surface area contributed by atoms with Crippen LogP contribution in [0.15, 0.2) is 0 Å². The third-order valence-electron chi connectivity index (χ3n) is 2.67. The van der Waals surface area contributed by atoms with Crippen LogP contribution in [0, 0.1) is 17.8 Å². The average Bonchev–Trinajstić information content (AvgIpc) is 1.98. The highest BCUT2D eigenvalue weighted by atomic mass is 14.8. The Labute approximate surface area is 71.6 Å². The largest absolute Gasteiger partial charge is 0.319 e. The van der Waals surface area contributed by atoms with Crippen LogP contribution in [0.4, 0.5) is 0 Å². The predicted octanol–water partition coefficient (Wildman–Crippen LogP) is 2.52. The molecule has 0 amide bonds. The Balaban J connectivity index is 3.87. The Hall–Kier alpha value is -0.0400. The second-order valence-corrected chi connectivity index (χ2v) is 3.85. The summed E-state index contributed by atoms with van der Waals surface area (Å²) < 4.78 is 0. The molecule has 0 rings (SSSR count). The summed E-state index contributed by atoms with van der Waals surface area (Å²) in [6.07, 6.45) is 1.30. The summed E-state index contributed by atoms with van der Waals surface area (Å²) in [6.45, 7) is 10.4. The molecule has 0 saturated carbocycles. The molecule has 0 radical (unpaired) electrons. The molecule has 0 heterocycles. The van der Waals surface area contributed by atoms with E-state index >= 15 is 0 Å². The molecular weight excluding hydrogens is 134 g/mol. The van der Waals surface area contributed by atoms with E-state index in [1.54, 1.807) is 0 Å². The molecule has 0 aromatic rings. The molecule has 0 aromatic heterocycles. The van der Waals surface area contributed by atoms with Crippen molar-refractivity contribution in [3.05, 3.63) is 0 Å². The minimum absolute atomic E-state index is 0.803. The quantitative estimate of drug-likeness (QED) is 0.646. The van der Waals surface area contributed by atoms with Gasteiger partial charge in [-0.2, -0.15) is 0 Å². The fourth-order valence-corrected chi connectivity index (χ4v) is 1.63. The van der Waals surface area contributed by atoms with Crippen molar-refractivity contribution >= 4 is 0 Å². The van der Waals surface area contributed by atoms with Gasteiger partial charge >= 0.3 is 0 Å². The van der Waals surface area contributed by atoms with Crippen molar-refractivity contribution < 1.29 is 0 Å². The van der Waals surface area contributed by atoms with Gasteiger partial charge in [-0.1, -0.05) is 34.1 Å². The lowest BCUT2D eigenvalue weighted by molar-refractivity contribution is 0.259. The van der Waals surface area contributed by atoms with E-state index < -0.39 is 0 Å². The fourth-order valence-electron chi connectivity index (χ4n) is 1.63. The zero-order valence-corrected chi connectivity index (χ0v) is 8.65. The second kappa shape index (κ2) is 5.59. The van der Waals surface area contributed by atoms with Gasteiger partial charge in [-0.15, -0.1) is 0 Å². The Bertz CT molecular complexity index is 88.9. The van der Waals surface area contributed by atoms with Gasteiger partial charge in [0.25, 0.3) is 0 Å². The van der Waals surface area contributed by atoms with Crippen LogP contribution in [0.1, 0.15) is 34.1 Å². The molecule has 0 aliphatic carbocycles. The molecule has 68 valence electrons. The zero-order valence-electron chi connectivity index (χ0n) is 8.65. The van der Waals surface area contributed by atoms with Crippen molar-refractivity contribution in [1.29, 1.82) is 0 Å². The highest BCUT2D eigenvalue weighted by Gasteiger charge is 2.17. The van der Waals surface area contributed by atoms with Crippen LogP contribution >= 0.6 is 0 Å². The predicted molar refractivity (Wildman–Crippen MR) is 51.7 cm³/mol. The first-order valence-corrected chi connectivity index (χ1v) is 4.78. The van der Waals surface area contributed by atoms with Gasteiger partial charge in [-0.05, 0) is 31.3 Å². The van der Waals surface area contributed by atoms with Crippen LogP contribution in [0.5, 0.6) is 0 Å². The van der Waals surface area contributed by atoms with E-state index in [-0.39, 0.29) is 0 Å². The third-order valence-corrected chi connectivity index (χ3v) is 2.67. The lowest BCUT2D eigenvalue weighted by Crippen LogP contribution is -2.28. The van der Waals surface area contributed by atoms with Crippen LogP contribution in [0.2, 0.25) is 0 Å². The van der Waals surface area contributed by atoms with Crippen LogP contribution in [-0.2, 0) is 0 Å². The normalized spacial score (nSPS) is 16.9. The summed E-state index contributed by atoms with van der Waals surface area (Å²) in [4.78, 5) is 0. The van der Waals surface area contributed by atoms with Gasteiger partial charge in [0.2, 0.25) is 0 Å². The highest BCUT2D eigenvalue weighted by Crippen LogP contribution is 2.22. The third kappa shape index (κ3) is 3.76. The summed E-state index contributed by atoms with van der Waals surface area (Å²) in [6, 6.07) is 0. The highest BCUT2D eigenvalue weighted by molar-refractivity contribution is 4.70. The molecule has 11 heavy (non-hydrogen) atoms. The molecular formula is C10H23N. The van der Waals surface area contributed by atoms with Crippen molar-refractivity contribution in [3.8, 4) is 0 Å². The Morgan fingerprint density at radius 3 is 2.00 bits per heavy atom. The summed E-state index contributed by atoms with van der Waals surface area (Å²) in [5.74, 6) is 2.49. The Morgan fingerprint density at radius 1 is 1.18 bits per heavy atom. The zero-order chi connectivity index (χ0) is 8.85. The maximum atomic E-state index is 3.26. The molecule has 2 unspecified atom stereocenters. The van der Waals surface area contributed by atoms with Crippen molar-refractivity contribution in [2.75, 3.05) is 13.6 Å². The van der Waals surface area contributed by atoms with Crippen LogP contribution in [0.25, 0.3) is 0 Å². The molecule has 0 saturated heterocycles. The first-order chi connectivity index (χ1) is 5.13. The van der Waals surface area contributed by atoms with Crippen molar-refractivity contribution in [3.63, 3.8) is 0 Å². The topological polar surface area (TPSA) is 12.0 Å². The van der Waals surface area contributed by atoms with Crippen molar-refractivity contribution in [2.45, 2.75) is 34.1 Å². The summed E-state index contributed by atoms with van der Waals surface area (Å²) in [7, 11) is 2.04. The van der Waals surface area contributed by atoms with Crippen LogP contribution in [0.3, 0.4) is 0 Å². The lowest BCUT2D eigenvalue weighted by Gasteiger charge is -2.26. The minimum atomic E-state index is 0.803. The van der Waals surface area contributed by atoms with Crippen molar-refractivity contribution in [2.24, 2.45) is 17.8 Å². The number of hydrogen-bond donors (Lipinski definition) is 1. The minimum Gasteiger partial charge on any atom is -0.319 e. The van der Waals surface area contributed by atoms with E-state index in [1.807, 2.05) is 7.05 Å². The number of nitrogens with one attached hydrogen (secondary N) is 1. The van der Waals surface area contributed by atoms with Gasteiger partial charge in [0.1, 0.15) is 0 Å². The summed E-state index contributed by atoms with van der Waals surface area (Å²) >= 11 is 0. The maximum absolute atomic E-state index is 3.26. The molecule has 0 aliphatic rings. The number of hydrogen-bond acceptors (Lipinski definition) is 1. The Morgan fingerprint density at radius 2 is 1.73 bits per heavy atom. The summed E-state index contributed by atoms with van der Waals surface area (Å²) in [5.41, 5.74) is 0. The monoisotopic (exact) mass is 157 g/mol. The van der Waals surface area contributed by atoms with E-state index in [1.165, 1.54) is 6.42 Å². The van der Waals surface area contributed by atoms with E-state index in [0.717, 1.165) is 24.3 Å². The van der Waals surface area contributed by atoms with E-state index in [9.17, 15) is 0 Å². The molecule has 1 nitrogen and oxygen atoms in total. The second-order valence-electron chi connectivity index (χ2n) is 3.85. The van der Waals surface area contributed by atoms with E-state index in [4.69, 9.17) is 0 Å². The SMILES string of the molecule is CCC(C)C(CNC)C(C)C. The standard InChI is InChI=1S/C10H23N/c1-6-9(4)10(7-11-5)8(2)3/h8-11H,6-7H2,1-5H3. The van der Waals surface area contributed by atoms with Gasteiger partial charge < -0.3 is 5.32 Å². The van der Waals surface area contributed by atoms with Gasteiger partial charge in [0.05, 0.1) is 0 Å². The first kappa shape index (κ1) is 11.0. The smallest absolute Gasteiger partial charge is 0.00185 e. The number of rotatable bonds is 5. The van der Waals surface area contributed by atoms with Crippen LogP contribution in [-0.4, -0.2) is 13.6 Å². The molecule has 0 aliphatic heterocycles. The van der Waals surface area contributed by atoms with E-state index in [2.05, 4.69) is 33.0 Å². The van der Waals surface area contributed by atoms with Gasteiger partial charge in [0.15, 0.2) is 0 Å². The molecule has 0 bridgehead atoms. The van der Waals surface area contributed by atoms with Gasteiger partial charge in [-0.3, -0.25) is 0 Å². The molecule has 2 atom stereocenters. The average molecular weight is 157 g/mol. The van der Waals surface area contributed by atoms with Crippen LogP contribution < -0.4 is 5.32 Å². The van der Waals surface area contributed by atoms with E-state index in [0.29, 0.717) is 0 Å².